The van der Waals surface area contributed by atoms with Crippen molar-refractivity contribution < 1.29 is 4.79 Å². The number of aryl methyl sites for hydroxylation is 3. The summed E-state index contributed by atoms with van der Waals surface area (Å²) in [5, 5.41) is 4.91. The lowest BCUT2D eigenvalue weighted by Crippen LogP contribution is -2.35. The molecule has 1 aliphatic heterocycles. The van der Waals surface area contributed by atoms with E-state index in [1.165, 1.54) is 27.8 Å². The van der Waals surface area contributed by atoms with Gasteiger partial charge in [0.1, 0.15) is 4.83 Å². The molecule has 1 amide bonds. The monoisotopic (exact) mass is 414 g/mol. The minimum absolute atomic E-state index is 0.00760. The zero-order valence-corrected chi connectivity index (χ0v) is 17.9. The van der Waals surface area contributed by atoms with E-state index in [1.807, 2.05) is 22.7 Å². The molecule has 1 fully saturated rings. The van der Waals surface area contributed by atoms with Crippen molar-refractivity contribution in [3.8, 4) is 0 Å². The van der Waals surface area contributed by atoms with Crippen LogP contribution in [0.5, 0.6) is 0 Å². The van der Waals surface area contributed by atoms with Crippen molar-refractivity contribution in [2.75, 3.05) is 26.2 Å². The third-order valence-corrected chi connectivity index (χ3v) is 6.69. The van der Waals surface area contributed by atoms with E-state index in [2.05, 4.69) is 28.1 Å². The Hall–Kier alpha value is -2.52. The summed E-state index contributed by atoms with van der Waals surface area (Å²) >= 11 is 1.32. The van der Waals surface area contributed by atoms with E-state index in [-0.39, 0.29) is 11.5 Å². The molecule has 154 valence electrons. The minimum atomic E-state index is -0.0996. The summed E-state index contributed by atoms with van der Waals surface area (Å²) in [6.07, 6.45) is 6.45. The predicted octanol–water partition coefficient (Wildman–Crippen LogP) is 1.87. The van der Waals surface area contributed by atoms with Crippen LogP contribution in [0.3, 0.4) is 0 Å². The van der Waals surface area contributed by atoms with Crippen LogP contribution in [-0.4, -0.2) is 61.2 Å². The van der Waals surface area contributed by atoms with Crippen molar-refractivity contribution >= 4 is 27.5 Å². The average molecular weight is 415 g/mol. The van der Waals surface area contributed by atoms with Gasteiger partial charge >= 0.3 is 0 Å². The number of aromatic nitrogens is 4. The molecule has 0 radical (unpaired) electrons. The van der Waals surface area contributed by atoms with Crippen LogP contribution in [-0.2, 0) is 20.1 Å². The van der Waals surface area contributed by atoms with Gasteiger partial charge in [-0.3, -0.25) is 19.2 Å². The normalized spacial score (nSPS) is 15.8. The van der Waals surface area contributed by atoms with Gasteiger partial charge in [0, 0.05) is 58.1 Å². The van der Waals surface area contributed by atoms with Gasteiger partial charge in [-0.05, 0) is 25.8 Å². The lowest BCUT2D eigenvalue weighted by atomic mass is 10.2. The van der Waals surface area contributed by atoms with Gasteiger partial charge in [-0.25, -0.2) is 4.98 Å². The van der Waals surface area contributed by atoms with Gasteiger partial charge in [0.15, 0.2) is 0 Å². The van der Waals surface area contributed by atoms with Gasteiger partial charge in [0.2, 0.25) is 0 Å². The number of carbonyl (C=O) groups excluding carboxylic acids is 1. The zero-order valence-electron chi connectivity index (χ0n) is 17.1. The summed E-state index contributed by atoms with van der Waals surface area (Å²) < 4.78 is 3.40. The number of hydrogen-bond acceptors (Lipinski definition) is 6. The predicted molar refractivity (Wildman–Crippen MR) is 113 cm³/mol. The molecule has 4 heterocycles. The fraction of sp³-hybridized carbons (Fsp3) is 0.500. The molecule has 0 aliphatic carbocycles. The molecule has 0 aromatic carbocycles. The van der Waals surface area contributed by atoms with Crippen molar-refractivity contribution in [2.45, 2.75) is 33.4 Å². The lowest BCUT2D eigenvalue weighted by Gasteiger charge is -2.21. The van der Waals surface area contributed by atoms with Crippen molar-refractivity contribution in [3.63, 3.8) is 0 Å². The molecule has 0 unspecified atom stereocenters. The van der Waals surface area contributed by atoms with E-state index < -0.39 is 0 Å². The molecular formula is C20H26N6O2S. The van der Waals surface area contributed by atoms with Gasteiger partial charge in [-0.15, -0.1) is 11.3 Å². The molecule has 0 bridgehead atoms. The SMILES string of the molecule is CCn1cc(CN2CCCN(C(=O)c3sc4ncn(C)c(=O)c4c3C)CC2)cn1. The number of fused-ring (bicyclic) bond motifs is 1. The van der Waals surface area contributed by atoms with E-state index in [9.17, 15) is 9.59 Å². The minimum Gasteiger partial charge on any atom is -0.337 e. The van der Waals surface area contributed by atoms with Crippen LogP contribution in [0, 0.1) is 6.92 Å². The molecule has 3 aromatic rings. The number of amides is 1. The number of rotatable bonds is 4. The highest BCUT2D eigenvalue weighted by Crippen LogP contribution is 2.28. The first-order valence-corrected chi connectivity index (χ1v) is 10.8. The molecule has 1 aliphatic rings. The highest BCUT2D eigenvalue weighted by Gasteiger charge is 2.25. The first-order chi connectivity index (χ1) is 14.0. The topological polar surface area (TPSA) is 76.3 Å². The molecule has 3 aromatic heterocycles. The molecule has 0 spiro atoms. The lowest BCUT2D eigenvalue weighted by molar-refractivity contribution is 0.0765. The smallest absolute Gasteiger partial charge is 0.264 e. The van der Waals surface area contributed by atoms with Crippen LogP contribution >= 0.6 is 11.3 Å². The third kappa shape index (κ3) is 3.84. The average Bonchev–Trinajstić information content (AvgIpc) is 3.22. The first-order valence-electron chi connectivity index (χ1n) is 9.95. The second-order valence-electron chi connectivity index (χ2n) is 7.52. The van der Waals surface area contributed by atoms with Gasteiger partial charge in [0.05, 0.1) is 22.8 Å². The van der Waals surface area contributed by atoms with E-state index in [0.29, 0.717) is 21.6 Å². The van der Waals surface area contributed by atoms with Crippen LogP contribution < -0.4 is 5.56 Å². The van der Waals surface area contributed by atoms with Gasteiger partial charge < -0.3 is 9.47 Å². The molecule has 8 nitrogen and oxygen atoms in total. The van der Waals surface area contributed by atoms with Crippen LogP contribution in [0.15, 0.2) is 23.5 Å². The van der Waals surface area contributed by atoms with Crippen molar-refractivity contribution in [3.05, 3.63) is 45.1 Å². The maximum Gasteiger partial charge on any atom is 0.264 e. The van der Waals surface area contributed by atoms with E-state index in [1.54, 1.807) is 7.05 Å². The summed E-state index contributed by atoms with van der Waals surface area (Å²) in [6, 6.07) is 0. The van der Waals surface area contributed by atoms with Gasteiger partial charge in [-0.1, -0.05) is 0 Å². The summed E-state index contributed by atoms with van der Waals surface area (Å²) in [4.78, 5) is 35.6. The summed E-state index contributed by atoms with van der Waals surface area (Å²) in [5.41, 5.74) is 1.85. The van der Waals surface area contributed by atoms with Crippen LogP contribution in [0.1, 0.15) is 34.1 Å². The fourth-order valence-electron chi connectivity index (χ4n) is 3.81. The van der Waals surface area contributed by atoms with Gasteiger partial charge in [-0.2, -0.15) is 5.10 Å². The van der Waals surface area contributed by atoms with E-state index in [0.717, 1.165) is 44.7 Å². The van der Waals surface area contributed by atoms with Crippen LogP contribution in [0.4, 0.5) is 0 Å². The Kier molecular flexibility index (Phi) is 5.51. The number of nitrogens with zero attached hydrogens (tertiary/aromatic N) is 6. The van der Waals surface area contributed by atoms with Crippen molar-refractivity contribution in [1.82, 2.24) is 29.1 Å². The standard InChI is InChI=1S/C20H26N6O2S/c1-4-26-12-15(10-22-26)11-24-6-5-7-25(9-8-24)20(28)17-14(2)16-18(29-17)21-13-23(3)19(16)27/h10,12-13H,4-9,11H2,1-3H3. The molecule has 29 heavy (non-hydrogen) atoms. The summed E-state index contributed by atoms with van der Waals surface area (Å²) in [6.45, 7) is 8.83. The molecule has 9 heteroatoms. The summed E-state index contributed by atoms with van der Waals surface area (Å²) in [5.74, 6) is 0.00760. The largest absolute Gasteiger partial charge is 0.337 e. The van der Waals surface area contributed by atoms with E-state index in [4.69, 9.17) is 0 Å². The quantitative estimate of drug-likeness (QED) is 0.651. The Morgan fingerprint density at radius 2 is 2.07 bits per heavy atom. The molecule has 0 N–H and O–H groups in total. The van der Waals surface area contributed by atoms with Crippen molar-refractivity contribution in [1.29, 1.82) is 0 Å². The number of thiophene rings is 1. The Bertz CT molecular complexity index is 1100. The summed E-state index contributed by atoms with van der Waals surface area (Å²) in [7, 11) is 1.68. The maximum absolute atomic E-state index is 13.2. The fourth-order valence-corrected chi connectivity index (χ4v) is 4.91. The molecule has 0 atom stereocenters. The molecule has 1 saturated heterocycles. The Balaban J connectivity index is 1.48. The van der Waals surface area contributed by atoms with Gasteiger partial charge in [0.25, 0.3) is 11.5 Å². The van der Waals surface area contributed by atoms with E-state index >= 15 is 0 Å². The Morgan fingerprint density at radius 3 is 2.83 bits per heavy atom. The molecule has 0 saturated carbocycles. The van der Waals surface area contributed by atoms with Crippen molar-refractivity contribution in [2.24, 2.45) is 7.05 Å². The second-order valence-corrected chi connectivity index (χ2v) is 8.52. The second kappa shape index (κ2) is 8.08. The van der Waals surface area contributed by atoms with Crippen LogP contribution in [0.25, 0.3) is 10.2 Å². The molecular weight excluding hydrogens is 388 g/mol. The first kappa shape index (κ1) is 19.8. The zero-order chi connectivity index (χ0) is 20.5. The number of hydrogen-bond donors (Lipinski definition) is 0. The van der Waals surface area contributed by atoms with Crippen LogP contribution in [0.2, 0.25) is 0 Å². The highest BCUT2D eigenvalue weighted by molar-refractivity contribution is 7.20. The Labute approximate surface area is 173 Å². The highest BCUT2D eigenvalue weighted by atomic mass is 32.1. The maximum atomic E-state index is 13.2. The third-order valence-electron chi connectivity index (χ3n) is 5.50. The Morgan fingerprint density at radius 1 is 1.24 bits per heavy atom. The molecule has 4 rings (SSSR count). The number of carbonyl (C=O) groups is 1.